The highest BCUT2D eigenvalue weighted by molar-refractivity contribution is 5.51. The van der Waals surface area contributed by atoms with Gasteiger partial charge in [-0.2, -0.15) is 0 Å². The highest BCUT2D eigenvalue weighted by Crippen LogP contribution is 2.10. The van der Waals surface area contributed by atoms with E-state index in [1.165, 1.54) is 0 Å². The number of nitrogens with zero attached hydrogens (tertiary/aromatic N) is 1. The summed E-state index contributed by atoms with van der Waals surface area (Å²) in [6.07, 6.45) is 1.84. The van der Waals surface area contributed by atoms with E-state index >= 15 is 0 Å². The first kappa shape index (κ1) is 12.7. The van der Waals surface area contributed by atoms with Crippen molar-refractivity contribution in [3.63, 3.8) is 0 Å². The van der Waals surface area contributed by atoms with Crippen LogP contribution in [0.1, 0.15) is 6.42 Å². The van der Waals surface area contributed by atoms with Crippen LogP contribution in [-0.2, 0) is 4.74 Å². The second-order valence-corrected chi connectivity index (χ2v) is 3.40. The third-order valence-electron chi connectivity index (χ3n) is 2.07. The predicted octanol–water partition coefficient (Wildman–Crippen LogP) is 0.177. The van der Waals surface area contributed by atoms with Gasteiger partial charge in [0.15, 0.2) is 0 Å². The second-order valence-electron chi connectivity index (χ2n) is 3.40. The first-order valence-electron chi connectivity index (χ1n) is 5.10. The van der Waals surface area contributed by atoms with Crippen LogP contribution in [-0.4, -0.2) is 36.5 Å². The monoisotopic (exact) mass is 226 g/mol. The summed E-state index contributed by atoms with van der Waals surface area (Å²) in [4.78, 5) is 3.99. The number of aliphatic hydroxyl groups is 1. The zero-order valence-corrected chi connectivity index (χ0v) is 9.31. The quantitative estimate of drug-likeness (QED) is 0.391. The van der Waals surface area contributed by atoms with Gasteiger partial charge in [-0.1, -0.05) is 0 Å². The highest BCUT2D eigenvalue weighted by Gasteiger charge is 2.02. The molecular weight excluding hydrogens is 208 g/mol. The number of nitrogens with one attached hydrogen (secondary N) is 2. The number of aromatic nitrogens is 1. The summed E-state index contributed by atoms with van der Waals surface area (Å²) in [6.45, 7) is 1.02. The number of methoxy groups -OCH3 is 1. The minimum atomic E-state index is -0.438. The molecule has 0 radical (unpaired) electrons. The number of hydrogen-bond acceptors (Lipinski definition) is 6. The van der Waals surface area contributed by atoms with Crippen LogP contribution in [0.2, 0.25) is 0 Å². The molecule has 0 saturated heterocycles. The Morgan fingerprint density at radius 2 is 2.44 bits per heavy atom. The topological polar surface area (TPSA) is 92.4 Å². The molecule has 0 aromatic carbocycles. The lowest BCUT2D eigenvalue weighted by Gasteiger charge is -2.11. The van der Waals surface area contributed by atoms with Gasteiger partial charge in [-0.15, -0.1) is 0 Å². The molecule has 90 valence electrons. The van der Waals surface area contributed by atoms with Crippen molar-refractivity contribution in [1.29, 1.82) is 0 Å². The van der Waals surface area contributed by atoms with Crippen LogP contribution in [0.3, 0.4) is 0 Å². The van der Waals surface area contributed by atoms with Gasteiger partial charge in [-0.05, 0) is 12.5 Å². The van der Waals surface area contributed by atoms with Crippen molar-refractivity contribution in [2.45, 2.75) is 12.5 Å². The fourth-order valence-corrected chi connectivity index (χ4v) is 1.28. The van der Waals surface area contributed by atoms with Crippen LogP contribution >= 0.6 is 0 Å². The maximum Gasteiger partial charge on any atom is 0.141 e. The van der Waals surface area contributed by atoms with E-state index in [-0.39, 0.29) is 0 Å². The minimum Gasteiger partial charge on any atom is -0.391 e. The number of hydrogen-bond donors (Lipinski definition) is 4. The molecule has 16 heavy (non-hydrogen) atoms. The number of anilines is 2. The summed E-state index contributed by atoms with van der Waals surface area (Å²) in [5.41, 5.74) is 3.38. The van der Waals surface area contributed by atoms with Gasteiger partial charge in [0.05, 0.1) is 12.7 Å². The first-order chi connectivity index (χ1) is 7.76. The Morgan fingerprint density at radius 3 is 3.12 bits per heavy atom. The second kappa shape index (κ2) is 7.00. The standard InChI is InChI=1S/C10H18N4O2/c1-16-7-9(15)3-5-12-8-2-4-13-10(6-8)14-11/h2,4,6,9,15H,3,5,7,11H2,1H3,(H2,12,13,14). The lowest BCUT2D eigenvalue weighted by atomic mass is 10.2. The lowest BCUT2D eigenvalue weighted by molar-refractivity contribution is 0.0615. The normalized spacial score (nSPS) is 12.2. The Hall–Kier alpha value is -1.37. The highest BCUT2D eigenvalue weighted by atomic mass is 16.5. The molecule has 0 amide bonds. The molecule has 0 aliphatic carbocycles. The summed E-state index contributed by atoms with van der Waals surface area (Å²) in [6, 6.07) is 3.63. The number of rotatable bonds is 7. The van der Waals surface area contributed by atoms with E-state index in [1.807, 2.05) is 6.07 Å². The molecule has 6 nitrogen and oxygen atoms in total. The van der Waals surface area contributed by atoms with Crippen molar-refractivity contribution in [2.24, 2.45) is 5.84 Å². The van der Waals surface area contributed by atoms with E-state index in [1.54, 1.807) is 19.4 Å². The number of pyridine rings is 1. The Bertz CT molecular complexity index is 309. The molecule has 1 aromatic heterocycles. The third-order valence-corrected chi connectivity index (χ3v) is 2.07. The molecule has 1 unspecified atom stereocenters. The number of nitrogen functional groups attached to an aromatic ring is 1. The molecule has 0 spiro atoms. The zero-order valence-electron chi connectivity index (χ0n) is 9.31. The number of nitrogens with two attached hydrogens (primary N) is 1. The van der Waals surface area contributed by atoms with Crippen molar-refractivity contribution in [1.82, 2.24) is 4.98 Å². The van der Waals surface area contributed by atoms with Crippen LogP contribution < -0.4 is 16.6 Å². The number of hydrazine groups is 1. The van der Waals surface area contributed by atoms with E-state index in [0.717, 1.165) is 5.69 Å². The van der Waals surface area contributed by atoms with Gasteiger partial charge in [0.1, 0.15) is 5.82 Å². The maximum absolute atomic E-state index is 9.42. The molecule has 0 aliphatic heterocycles. The average Bonchev–Trinajstić information content (AvgIpc) is 2.30. The van der Waals surface area contributed by atoms with E-state index in [4.69, 9.17) is 10.6 Å². The smallest absolute Gasteiger partial charge is 0.141 e. The number of ether oxygens (including phenoxy) is 1. The van der Waals surface area contributed by atoms with Crippen LogP contribution in [0.4, 0.5) is 11.5 Å². The maximum atomic E-state index is 9.42. The van der Waals surface area contributed by atoms with Crippen LogP contribution in [0.25, 0.3) is 0 Å². The Kier molecular flexibility index (Phi) is 5.55. The van der Waals surface area contributed by atoms with Crippen LogP contribution in [0, 0.1) is 0 Å². The van der Waals surface area contributed by atoms with Gasteiger partial charge in [0, 0.05) is 31.6 Å². The molecule has 1 aromatic rings. The van der Waals surface area contributed by atoms with Gasteiger partial charge in [-0.25, -0.2) is 10.8 Å². The van der Waals surface area contributed by atoms with E-state index in [9.17, 15) is 5.11 Å². The molecule has 1 rings (SSSR count). The SMILES string of the molecule is COCC(O)CCNc1ccnc(NN)c1. The molecule has 1 heterocycles. The molecule has 0 saturated carbocycles. The minimum absolute atomic E-state index is 0.355. The van der Waals surface area contributed by atoms with E-state index in [0.29, 0.717) is 25.4 Å². The average molecular weight is 226 g/mol. The Morgan fingerprint density at radius 1 is 1.62 bits per heavy atom. The van der Waals surface area contributed by atoms with E-state index < -0.39 is 6.10 Å². The fourth-order valence-electron chi connectivity index (χ4n) is 1.28. The predicted molar refractivity (Wildman–Crippen MR) is 63.0 cm³/mol. The molecule has 0 bridgehead atoms. The van der Waals surface area contributed by atoms with Gasteiger partial charge in [0.2, 0.25) is 0 Å². The van der Waals surface area contributed by atoms with Crippen molar-refractivity contribution in [3.8, 4) is 0 Å². The lowest BCUT2D eigenvalue weighted by Crippen LogP contribution is -2.18. The third kappa shape index (κ3) is 4.43. The molecule has 1 atom stereocenters. The Labute approximate surface area is 94.8 Å². The fraction of sp³-hybridized carbons (Fsp3) is 0.500. The summed E-state index contributed by atoms with van der Waals surface area (Å²) in [7, 11) is 1.57. The molecule has 5 N–H and O–H groups in total. The van der Waals surface area contributed by atoms with Crippen LogP contribution in [0.5, 0.6) is 0 Å². The first-order valence-corrected chi connectivity index (χ1v) is 5.10. The summed E-state index contributed by atoms with van der Waals surface area (Å²) >= 11 is 0. The molecular formula is C10H18N4O2. The summed E-state index contributed by atoms with van der Waals surface area (Å²) in [5, 5.41) is 12.6. The zero-order chi connectivity index (χ0) is 11.8. The largest absolute Gasteiger partial charge is 0.391 e. The van der Waals surface area contributed by atoms with Crippen molar-refractivity contribution in [3.05, 3.63) is 18.3 Å². The van der Waals surface area contributed by atoms with Gasteiger partial charge >= 0.3 is 0 Å². The summed E-state index contributed by atoms with van der Waals surface area (Å²) < 4.78 is 4.83. The van der Waals surface area contributed by atoms with Gasteiger partial charge in [-0.3, -0.25) is 0 Å². The van der Waals surface area contributed by atoms with Crippen molar-refractivity contribution < 1.29 is 9.84 Å². The number of aliphatic hydroxyl groups excluding tert-OH is 1. The summed E-state index contributed by atoms with van der Waals surface area (Å²) in [5.74, 6) is 5.84. The van der Waals surface area contributed by atoms with E-state index in [2.05, 4.69) is 15.7 Å². The molecule has 0 fully saturated rings. The van der Waals surface area contributed by atoms with Crippen molar-refractivity contribution >= 4 is 11.5 Å². The Balaban J connectivity index is 2.31. The van der Waals surface area contributed by atoms with Crippen LogP contribution in [0.15, 0.2) is 18.3 Å². The van der Waals surface area contributed by atoms with Gasteiger partial charge < -0.3 is 20.6 Å². The van der Waals surface area contributed by atoms with Gasteiger partial charge in [0.25, 0.3) is 0 Å². The van der Waals surface area contributed by atoms with Crippen molar-refractivity contribution in [2.75, 3.05) is 31.0 Å². The molecule has 0 aliphatic rings. The molecule has 6 heteroatoms.